The zero-order valence-corrected chi connectivity index (χ0v) is 6.28. The van der Waals surface area contributed by atoms with E-state index in [2.05, 4.69) is 15.2 Å². The van der Waals surface area contributed by atoms with Crippen molar-refractivity contribution in [2.75, 3.05) is 0 Å². The highest BCUT2D eigenvalue weighted by atomic mass is 35.5. The van der Waals surface area contributed by atoms with Gasteiger partial charge in [-0.05, 0) is 6.07 Å². The number of nitrogens with zero attached hydrogens (tertiary/aromatic N) is 3. The maximum atomic E-state index is 5.78. The number of hydrogen-bond acceptors (Lipinski definition) is 3. The molecular formula is C7H4ClN3. The Hall–Kier alpha value is -1.22. The van der Waals surface area contributed by atoms with Crippen molar-refractivity contribution in [2.45, 2.75) is 0 Å². The third-order valence-electron chi connectivity index (χ3n) is 1.43. The van der Waals surface area contributed by atoms with E-state index in [1.807, 2.05) is 6.07 Å². The van der Waals surface area contributed by atoms with E-state index in [-0.39, 0.29) is 0 Å². The second kappa shape index (κ2) is 2.43. The summed E-state index contributed by atoms with van der Waals surface area (Å²) in [5.41, 5.74) is 0. The first kappa shape index (κ1) is 6.49. The molecule has 2 heterocycles. The van der Waals surface area contributed by atoms with Crippen LogP contribution in [0.5, 0.6) is 0 Å². The molecule has 0 radical (unpaired) electrons. The van der Waals surface area contributed by atoms with Crippen molar-refractivity contribution < 1.29 is 0 Å². The predicted octanol–water partition coefficient (Wildman–Crippen LogP) is 1.68. The minimum atomic E-state index is 0.470. The van der Waals surface area contributed by atoms with Gasteiger partial charge in [0, 0.05) is 17.0 Å². The molecular weight excluding hydrogens is 162 g/mol. The van der Waals surface area contributed by atoms with E-state index in [0.29, 0.717) is 5.15 Å². The van der Waals surface area contributed by atoms with Gasteiger partial charge in [-0.3, -0.25) is 0 Å². The van der Waals surface area contributed by atoms with Gasteiger partial charge in [-0.25, -0.2) is 4.98 Å². The quantitative estimate of drug-likeness (QED) is 0.558. The Kier molecular flexibility index (Phi) is 1.43. The van der Waals surface area contributed by atoms with Gasteiger partial charge in [-0.1, -0.05) is 11.6 Å². The molecule has 54 valence electrons. The second-order valence-corrected chi connectivity index (χ2v) is 2.45. The number of fused-ring (bicyclic) bond motifs is 1. The standard InChI is InChI=1S/C7H4ClN3/c8-7-6-4-11-10-3-5(6)1-2-9-7/h1-4H. The molecule has 0 aliphatic carbocycles. The topological polar surface area (TPSA) is 38.7 Å². The fraction of sp³-hybridized carbons (Fsp3) is 0. The number of rotatable bonds is 0. The van der Waals surface area contributed by atoms with Gasteiger partial charge in [-0.2, -0.15) is 10.2 Å². The molecule has 11 heavy (non-hydrogen) atoms. The fourth-order valence-electron chi connectivity index (χ4n) is 0.888. The lowest BCUT2D eigenvalue weighted by Gasteiger charge is -1.94. The van der Waals surface area contributed by atoms with Crippen molar-refractivity contribution in [3.8, 4) is 0 Å². The molecule has 0 bridgehead atoms. The number of aromatic nitrogens is 3. The predicted molar refractivity (Wildman–Crippen MR) is 42.3 cm³/mol. The monoisotopic (exact) mass is 165 g/mol. The van der Waals surface area contributed by atoms with Gasteiger partial charge in [0.2, 0.25) is 0 Å². The van der Waals surface area contributed by atoms with E-state index < -0.39 is 0 Å². The van der Waals surface area contributed by atoms with Crippen molar-refractivity contribution in [3.63, 3.8) is 0 Å². The van der Waals surface area contributed by atoms with Crippen LogP contribution in [0.15, 0.2) is 24.7 Å². The van der Waals surface area contributed by atoms with Crippen molar-refractivity contribution in [2.24, 2.45) is 0 Å². The average molecular weight is 166 g/mol. The largest absolute Gasteiger partial charge is 0.244 e. The van der Waals surface area contributed by atoms with Gasteiger partial charge >= 0.3 is 0 Å². The molecule has 4 heteroatoms. The lowest BCUT2D eigenvalue weighted by Crippen LogP contribution is -1.82. The first-order valence-electron chi connectivity index (χ1n) is 3.09. The Balaban J connectivity index is 2.91. The van der Waals surface area contributed by atoms with E-state index >= 15 is 0 Å². The van der Waals surface area contributed by atoms with Crippen LogP contribution in [-0.2, 0) is 0 Å². The molecule has 2 rings (SSSR count). The van der Waals surface area contributed by atoms with Crippen molar-refractivity contribution >= 4 is 22.4 Å². The SMILES string of the molecule is Clc1nccc2cnncc12. The molecule has 0 spiro atoms. The molecule has 0 amide bonds. The molecule has 0 aromatic carbocycles. The molecule has 2 aromatic heterocycles. The van der Waals surface area contributed by atoms with E-state index in [1.165, 1.54) is 0 Å². The van der Waals surface area contributed by atoms with Crippen molar-refractivity contribution in [3.05, 3.63) is 29.8 Å². The lowest BCUT2D eigenvalue weighted by atomic mass is 10.3. The molecule has 3 nitrogen and oxygen atoms in total. The van der Waals surface area contributed by atoms with Crippen molar-refractivity contribution in [1.29, 1.82) is 0 Å². The molecule has 0 atom stereocenters. The molecule has 0 unspecified atom stereocenters. The minimum Gasteiger partial charge on any atom is -0.244 e. The molecule has 2 aromatic rings. The Labute approximate surface area is 68.0 Å². The zero-order chi connectivity index (χ0) is 7.68. The first-order chi connectivity index (χ1) is 5.38. The van der Waals surface area contributed by atoms with E-state index in [0.717, 1.165) is 10.8 Å². The van der Waals surface area contributed by atoms with Gasteiger partial charge in [0.15, 0.2) is 0 Å². The molecule has 0 aliphatic rings. The third kappa shape index (κ3) is 1.03. The summed E-state index contributed by atoms with van der Waals surface area (Å²) in [6, 6.07) is 1.84. The van der Waals surface area contributed by atoms with Gasteiger partial charge in [0.25, 0.3) is 0 Å². The van der Waals surface area contributed by atoms with Gasteiger partial charge in [-0.15, -0.1) is 0 Å². The van der Waals surface area contributed by atoms with Crippen LogP contribution in [0.4, 0.5) is 0 Å². The second-order valence-electron chi connectivity index (χ2n) is 2.09. The highest BCUT2D eigenvalue weighted by Gasteiger charge is 1.97. The Morgan fingerprint density at radius 1 is 1.18 bits per heavy atom. The number of hydrogen-bond donors (Lipinski definition) is 0. The highest BCUT2D eigenvalue weighted by Crippen LogP contribution is 2.17. The molecule has 0 fully saturated rings. The average Bonchev–Trinajstić information content (AvgIpc) is 2.06. The van der Waals surface area contributed by atoms with Crippen LogP contribution in [0.3, 0.4) is 0 Å². The van der Waals surface area contributed by atoms with Crippen LogP contribution in [-0.4, -0.2) is 15.2 Å². The normalized spacial score (nSPS) is 10.3. The first-order valence-corrected chi connectivity index (χ1v) is 3.46. The summed E-state index contributed by atoms with van der Waals surface area (Å²) in [6.45, 7) is 0. The van der Waals surface area contributed by atoms with Crippen LogP contribution < -0.4 is 0 Å². The smallest absolute Gasteiger partial charge is 0.138 e. The summed E-state index contributed by atoms with van der Waals surface area (Å²) in [6.07, 6.45) is 4.90. The summed E-state index contributed by atoms with van der Waals surface area (Å²) in [5.74, 6) is 0. The molecule has 0 N–H and O–H groups in total. The van der Waals surface area contributed by atoms with Gasteiger partial charge < -0.3 is 0 Å². The summed E-state index contributed by atoms with van der Waals surface area (Å²) in [5, 5.41) is 9.68. The number of halogens is 1. The van der Waals surface area contributed by atoms with E-state index in [1.54, 1.807) is 18.6 Å². The third-order valence-corrected chi connectivity index (χ3v) is 1.73. The van der Waals surface area contributed by atoms with E-state index in [4.69, 9.17) is 11.6 Å². The summed E-state index contributed by atoms with van der Waals surface area (Å²) < 4.78 is 0. The Morgan fingerprint density at radius 2 is 2.00 bits per heavy atom. The van der Waals surface area contributed by atoms with Crippen LogP contribution in [0.1, 0.15) is 0 Å². The zero-order valence-electron chi connectivity index (χ0n) is 5.53. The van der Waals surface area contributed by atoms with Gasteiger partial charge in [0.1, 0.15) is 5.15 Å². The van der Waals surface area contributed by atoms with Crippen LogP contribution in [0, 0.1) is 0 Å². The lowest BCUT2D eigenvalue weighted by molar-refractivity contribution is 1.05. The van der Waals surface area contributed by atoms with E-state index in [9.17, 15) is 0 Å². The Morgan fingerprint density at radius 3 is 2.82 bits per heavy atom. The van der Waals surface area contributed by atoms with Crippen molar-refractivity contribution in [1.82, 2.24) is 15.2 Å². The maximum Gasteiger partial charge on any atom is 0.138 e. The molecule has 0 saturated heterocycles. The summed E-state index contributed by atoms with van der Waals surface area (Å²) >= 11 is 5.78. The minimum absolute atomic E-state index is 0.470. The Bertz CT molecular complexity index is 383. The van der Waals surface area contributed by atoms with Gasteiger partial charge in [0.05, 0.1) is 12.4 Å². The summed E-state index contributed by atoms with van der Waals surface area (Å²) in [4.78, 5) is 3.90. The maximum absolute atomic E-state index is 5.78. The molecule has 0 aliphatic heterocycles. The summed E-state index contributed by atoms with van der Waals surface area (Å²) in [7, 11) is 0. The fourth-order valence-corrected chi connectivity index (χ4v) is 1.10. The van der Waals surface area contributed by atoms with Crippen LogP contribution in [0.25, 0.3) is 10.8 Å². The van der Waals surface area contributed by atoms with Crippen LogP contribution >= 0.6 is 11.6 Å². The highest BCUT2D eigenvalue weighted by molar-refractivity contribution is 6.34. The number of pyridine rings is 1. The van der Waals surface area contributed by atoms with Crippen LogP contribution in [0.2, 0.25) is 5.15 Å². The molecule has 0 saturated carbocycles.